The Bertz CT molecular complexity index is 889. The van der Waals surface area contributed by atoms with Crippen molar-refractivity contribution in [1.29, 1.82) is 0 Å². The summed E-state index contributed by atoms with van der Waals surface area (Å²) in [6, 6.07) is 12.4. The third-order valence-electron chi connectivity index (χ3n) is 4.53. The van der Waals surface area contributed by atoms with Crippen molar-refractivity contribution >= 4 is 39.3 Å². The molecule has 1 atom stereocenters. The Morgan fingerprint density at radius 3 is 2.53 bits per heavy atom. The first-order chi connectivity index (χ1) is 14.2. The SMILES string of the molecule is Cc1cccc(CN(C(=O)COc2ccc(Br)cc2Cl)C(C)C(=O)NCC(C)C)c1. The summed E-state index contributed by atoms with van der Waals surface area (Å²) < 4.78 is 6.47. The van der Waals surface area contributed by atoms with Crippen molar-refractivity contribution < 1.29 is 14.3 Å². The van der Waals surface area contributed by atoms with E-state index in [1.54, 1.807) is 25.1 Å². The van der Waals surface area contributed by atoms with Gasteiger partial charge in [0.15, 0.2) is 6.61 Å². The van der Waals surface area contributed by atoms with Crippen LogP contribution in [0.15, 0.2) is 46.9 Å². The Balaban J connectivity index is 2.15. The number of benzene rings is 2. The van der Waals surface area contributed by atoms with Crippen molar-refractivity contribution in [3.63, 3.8) is 0 Å². The van der Waals surface area contributed by atoms with E-state index in [9.17, 15) is 9.59 Å². The predicted molar refractivity (Wildman–Crippen MR) is 124 cm³/mol. The first-order valence-corrected chi connectivity index (χ1v) is 11.0. The van der Waals surface area contributed by atoms with Gasteiger partial charge in [0.1, 0.15) is 11.8 Å². The molecule has 0 aromatic heterocycles. The van der Waals surface area contributed by atoms with Crippen molar-refractivity contribution in [1.82, 2.24) is 10.2 Å². The predicted octanol–water partition coefficient (Wildman–Crippen LogP) is 4.98. The zero-order chi connectivity index (χ0) is 22.3. The fourth-order valence-corrected chi connectivity index (χ4v) is 3.58. The molecule has 1 N–H and O–H groups in total. The molecule has 2 amide bonds. The molecule has 0 aliphatic carbocycles. The number of halogens is 2. The Morgan fingerprint density at radius 2 is 1.90 bits per heavy atom. The number of hydrogen-bond donors (Lipinski definition) is 1. The minimum absolute atomic E-state index is 0.189. The number of hydrogen-bond acceptors (Lipinski definition) is 3. The van der Waals surface area contributed by atoms with Crippen molar-refractivity contribution in [2.45, 2.75) is 40.3 Å². The van der Waals surface area contributed by atoms with Gasteiger partial charge in [0, 0.05) is 17.6 Å². The van der Waals surface area contributed by atoms with Crippen LogP contribution in [0.1, 0.15) is 31.9 Å². The van der Waals surface area contributed by atoms with Crippen LogP contribution in [-0.4, -0.2) is 35.9 Å². The molecule has 0 saturated heterocycles. The van der Waals surface area contributed by atoms with Gasteiger partial charge in [-0.3, -0.25) is 9.59 Å². The van der Waals surface area contributed by atoms with E-state index in [0.717, 1.165) is 15.6 Å². The van der Waals surface area contributed by atoms with Gasteiger partial charge in [0.2, 0.25) is 5.91 Å². The van der Waals surface area contributed by atoms with Gasteiger partial charge in [-0.05, 0) is 43.5 Å². The topological polar surface area (TPSA) is 58.6 Å². The molecule has 7 heteroatoms. The molecule has 0 aliphatic rings. The summed E-state index contributed by atoms with van der Waals surface area (Å²) >= 11 is 9.52. The number of nitrogens with zero attached hydrogens (tertiary/aromatic N) is 1. The molecule has 30 heavy (non-hydrogen) atoms. The molecule has 0 fully saturated rings. The average Bonchev–Trinajstić information content (AvgIpc) is 2.68. The monoisotopic (exact) mass is 494 g/mol. The van der Waals surface area contributed by atoms with Crippen LogP contribution < -0.4 is 10.1 Å². The van der Waals surface area contributed by atoms with Crippen molar-refractivity contribution in [3.8, 4) is 5.75 Å². The molecular weight excluding hydrogens is 468 g/mol. The van der Waals surface area contributed by atoms with Gasteiger partial charge in [-0.1, -0.05) is 71.2 Å². The van der Waals surface area contributed by atoms with E-state index in [2.05, 4.69) is 21.2 Å². The molecular formula is C23H28BrClN2O3. The maximum atomic E-state index is 13.0. The maximum absolute atomic E-state index is 13.0. The van der Waals surface area contributed by atoms with Crippen LogP contribution in [0.2, 0.25) is 5.02 Å². The number of nitrogens with one attached hydrogen (secondary N) is 1. The second-order valence-corrected chi connectivity index (χ2v) is 9.01. The third-order valence-corrected chi connectivity index (χ3v) is 5.32. The summed E-state index contributed by atoms with van der Waals surface area (Å²) in [4.78, 5) is 27.2. The standard InChI is InChI=1S/C23H28BrClN2O3/c1-15(2)12-26-23(29)17(4)27(13-18-7-5-6-16(3)10-18)22(28)14-30-21-9-8-19(24)11-20(21)25/h5-11,15,17H,12-14H2,1-4H3,(H,26,29). The quantitative estimate of drug-likeness (QED) is 0.534. The fraction of sp³-hybridized carbons (Fsp3) is 0.391. The van der Waals surface area contributed by atoms with Gasteiger partial charge in [0.05, 0.1) is 5.02 Å². The largest absolute Gasteiger partial charge is 0.482 e. The van der Waals surface area contributed by atoms with Crippen molar-refractivity contribution in [3.05, 3.63) is 63.1 Å². The number of amides is 2. The number of rotatable bonds is 9. The maximum Gasteiger partial charge on any atom is 0.261 e. The molecule has 0 bridgehead atoms. The highest BCUT2D eigenvalue weighted by Crippen LogP contribution is 2.27. The molecule has 1 unspecified atom stereocenters. The van der Waals surface area contributed by atoms with Gasteiger partial charge in [-0.15, -0.1) is 0 Å². The summed E-state index contributed by atoms with van der Waals surface area (Å²) in [7, 11) is 0. The van der Waals surface area contributed by atoms with Crippen LogP contribution in [0.25, 0.3) is 0 Å². The van der Waals surface area contributed by atoms with E-state index >= 15 is 0 Å². The molecule has 2 aromatic rings. The van der Waals surface area contributed by atoms with Crippen LogP contribution in [0.3, 0.4) is 0 Å². The van der Waals surface area contributed by atoms with Crippen LogP contribution in [0.5, 0.6) is 5.75 Å². The summed E-state index contributed by atoms with van der Waals surface area (Å²) in [6.45, 7) is 8.43. The zero-order valence-corrected chi connectivity index (χ0v) is 20.1. The van der Waals surface area contributed by atoms with E-state index in [4.69, 9.17) is 16.3 Å². The minimum Gasteiger partial charge on any atom is -0.482 e. The Labute approximate surface area is 191 Å². The summed E-state index contributed by atoms with van der Waals surface area (Å²) in [6.07, 6.45) is 0. The van der Waals surface area contributed by atoms with Crippen LogP contribution >= 0.6 is 27.5 Å². The lowest BCUT2D eigenvalue weighted by Crippen LogP contribution is -2.49. The summed E-state index contributed by atoms with van der Waals surface area (Å²) in [5.74, 6) is 0.264. The number of aryl methyl sites for hydroxylation is 1. The number of carbonyl (C=O) groups excluding carboxylic acids is 2. The van der Waals surface area contributed by atoms with Gasteiger partial charge in [0.25, 0.3) is 5.91 Å². The second kappa shape index (κ2) is 11.4. The first-order valence-electron chi connectivity index (χ1n) is 9.88. The number of ether oxygens (including phenoxy) is 1. The zero-order valence-electron chi connectivity index (χ0n) is 17.7. The molecule has 0 saturated carbocycles. The van der Waals surface area contributed by atoms with Gasteiger partial charge in [-0.25, -0.2) is 0 Å². The smallest absolute Gasteiger partial charge is 0.261 e. The van der Waals surface area contributed by atoms with Crippen LogP contribution in [0, 0.1) is 12.8 Å². The molecule has 2 rings (SSSR count). The van der Waals surface area contributed by atoms with Gasteiger partial charge >= 0.3 is 0 Å². The van der Waals surface area contributed by atoms with E-state index < -0.39 is 6.04 Å². The Hall–Kier alpha value is -2.05. The van der Waals surface area contributed by atoms with Crippen LogP contribution in [-0.2, 0) is 16.1 Å². The highest BCUT2D eigenvalue weighted by Gasteiger charge is 2.26. The highest BCUT2D eigenvalue weighted by atomic mass is 79.9. The second-order valence-electron chi connectivity index (χ2n) is 7.69. The lowest BCUT2D eigenvalue weighted by Gasteiger charge is -2.29. The normalized spacial score (nSPS) is 11.8. The number of carbonyl (C=O) groups is 2. The van der Waals surface area contributed by atoms with Crippen LogP contribution in [0.4, 0.5) is 0 Å². The molecule has 162 valence electrons. The van der Waals surface area contributed by atoms with Gasteiger partial charge in [-0.2, -0.15) is 0 Å². The van der Waals surface area contributed by atoms with Crippen molar-refractivity contribution in [2.75, 3.05) is 13.2 Å². The molecule has 0 spiro atoms. The highest BCUT2D eigenvalue weighted by molar-refractivity contribution is 9.10. The molecule has 0 aliphatic heterocycles. The lowest BCUT2D eigenvalue weighted by atomic mass is 10.1. The third kappa shape index (κ3) is 7.33. The van der Waals surface area contributed by atoms with E-state index in [1.807, 2.05) is 45.0 Å². The summed E-state index contributed by atoms with van der Waals surface area (Å²) in [5, 5.41) is 3.31. The van der Waals surface area contributed by atoms with Crippen molar-refractivity contribution in [2.24, 2.45) is 5.92 Å². The van der Waals surface area contributed by atoms with Gasteiger partial charge < -0.3 is 15.0 Å². The average molecular weight is 496 g/mol. The lowest BCUT2D eigenvalue weighted by molar-refractivity contribution is -0.142. The van der Waals surface area contributed by atoms with E-state index in [-0.39, 0.29) is 18.4 Å². The first kappa shape index (κ1) is 24.2. The molecule has 0 radical (unpaired) electrons. The molecule has 2 aromatic carbocycles. The molecule has 0 heterocycles. The molecule has 5 nitrogen and oxygen atoms in total. The van der Waals surface area contributed by atoms with E-state index in [1.165, 1.54) is 4.90 Å². The fourth-order valence-electron chi connectivity index (χ4n) is 2.86. The Kier molecular flexibility index (Phi) is 9.18. The summed E-state index contributed by atoms with van der Waals surface area (Å²) in [5.41, 5.74) is 2.04. The van der Waals surface area contributed by atoms with E-state index in [0.29, 0.717) is 29.8 Å². The minimum atomic E-state index is -0.638. The Morgan fingerprint density at radius 1 is 1.17 bits per heavy atom.